The maximum Gasteiger partial charge on any atom is 0.235 e. The molecule has 88 valence electrons. The van der Waals surface area contributed by atoms with Crippen LogP contribution in [0.2, 0.25) is 0 Å². The van der Waals surface area contributed by atoms with E-state index in [1.165, 1.54) is 17.5 Å². The molecular formula is C12H17NO2S. The van der Waals surface area contributed by atoms with Gasteiger partial charge in [-0.2, -0.15) is 0 Å². The van der Waals surface area contributed by atoms with Crippen LogP contribution in [0.25, 0.3) is 0 Å². The van der Waals surface area contributed by atoms with Crippen molar-refractivity contribution in [2.45, 2.75) is 38.4 Å². The summed E-state index contributed by atoms with van der Waals surface area (Å²) >= 11 is 0. The predicted octanol–water partition coefficient (Wildman–Crippen LogP) is 2.33. The number of rotatable bonds is 3. The third kappa shape index (κ3) is 2.21. The Balaban J connectivity index is 2.24. The molecule has 4 heteroatoms. The standard InChI is InChI=1S/C12H17NO2S/c1-9(2)16(14,15)13-12-7-6-10-4-3-5-11(10)8-12/h6-9,13H,3-5H2,1-2H3. The van der Waals surface area contributed by atoms with Gasteiger partial charge in [0.05, 0.1) is 5.25 Å². The predicted molar refractivity (Wildman–Crippen MR) is 66.1 cm³/mol. The second kappa shape index (κ2) is 4.09. The van der Waals surface area contributed by atoms with Gasteiger partial charge in [-0.3, -0.25) is 4.72 Å². The molecule has 1 aromatic carbocycles. The zero-order valence-electron chi connectivity index (χ0n) is 9.66. The van der Waals surface area contributed by atoms with E-state index in [0.717, 1.165) is 12.8 Å². The van der Waals surface area contributed by atoms with Gasteiger partial charge >= 0.3 is 0 Å². The fraction of sp³-hybridized carbons (Fsp3) is 0.500. The highest BCUT2D eigenvalue weighted by Crippen LogP contribution is 2.25. The second-order valence-electron chi connectivity index (χ2n) is 4.53. The van der Waals surface area contributed by atoms with Crippen molar-refractivity contribution in [3.05, 3.63) is 29.3 Å². The summed E-state index contributed by atoms with van der Waals surface area (Å²) in [5.74, 6) is 0. The molecule has 3 nitrogen and oxygen atoms in total. The molecule has 0 saturated carbocycles. The van der Waals surface area contributed by atoms with Gasteiger partial charge < -0.3 is 0 Å². The molecule has 0 heterocycles. The third-order valence-electron chi connectivity index (χ3n) is 2.98. The lowest BCUT2D eigenvalue weighted by Crippen LogP contribution is -2.22. The van der Waals surface area contributed by atoms with E-state index < -0.39 is 15.3 Å². The normalized spacial score (nSPS) is 15.2. The number of nitrogens with one attached hydrogen (secondary N) is 1. The lowest BCUT2D eigenvalue weighted by atomic mass is 10.1. The van der Waals surface area contributed by atoms with E-state index in [2.05, 4.69) is 4.72 Å². The minimum absolute atomic E-state index is 0.402. The second-order valence-corrected chi connectivity index (χ2v) is 6.77. The molecule has 0 aliphatic heterocycles. The molecule has 0 bridgehead atoms. The van der Waals surface area contributed by atoms with Gasteiger partial charge in [0.15, 0.2) is 0 Å². The fourth-order valence-corrected chi connectivity index (χ4v) is 2.61. The summed E-state index contributed by atoms with van der Waals surface area (Å²) in [7, 11) is -3.22. The molecule has 0 atom stereocenters. The lowest BCUT2D eigenvalue weighted by molar-refractivity contribution is 0.593. The number of sulfonamides is 1. The van der Waals surface area contributed by atoms with Crippen LogP contribution in [-0.4, -0.2) is 13.7 Å². The number of fused-ring (bicyclic) bond motifs is 1. The summed E-state index contributed by atoms with van der Waals surface area (Å²) in [6.07, 6.45) is 3.36. The molecule has 1 aliphatic rings. The van der Waals surface area contributed by atoms with Crippen molar-refractivity contribution in [2.24, 2.45) is 0 Å². The van der Waals surface area contributed by atoms with Crippen LogP contribution in [-0.2, 0) is 22.9 Å². The topological polar surface area (TPSA) is 46.2 Å². The van der Waals surface area contributed by atoms with Gasteiger partial charge in [0, 0.05) is 5.69 Å². The Bertz CT molecular complexity index is 492. The van der Waals surface area contributed by atoms with Crippen LogP contribution in [0.3, 0.4) is 0 Å². The molecule has 0 unspecified atom stereocenters. The molecule has 1 aliphatic carbocycles. The summed E-state index contributed by atoms with van der Waals surface area (Å²) in [5, 5.41) is -0.402. The zero-order valence-corrected chi connectivity index (χ0v) is 10.5. The molecule has 0 aromatic heterocycles. The summed E-state index contributed by atoms with van der Waals surface area (Å²) < 4.78 is 26.0. The maximum atomic E-state index is 11.7. The molecule has 1 aromatic rings. The van der Waals surface area contributed by atoms with Crippen molar-refractivity contribution in [2.75, 3.05) is 4.72 Å². The van der Waals surface area contributed by atoms with Gasteiger partial charge in [-0.25, -0.2) is 8.42 Å². The van der Waals surface area contributed by atoms with Crippen molar-refractivity contribution in [3.63, 3.8) is 0 Å². The molecule has 2 rings (SSSR count). The molecule has 0 saturated heterocycles. The first-order valence-corrected chi connectivity index (χ1v) is 7.17. The summed E-state index contributed by atoms with van der Waals surface area (Å²) in [6, 6.07) is 5.84. The quantitative estimate of drug-likeness (QED) is 0.880. The van der Waals surface area contributed by atoms with Crippen LogP contribution in [0.5, 0.6) is 0 Å². The Kier molecular flexibility index (Phi) is 2.93. The number of anilines is 1. The number of aryl methyl sites for hydroxylation is 2. The first kappa shape index (κ1) is 11.5. The Morgan fingerprint density at radius 1 is 1.19 bits per heavy atom. The summed E-state index contributed by atoms with van der Waals surface area (Å²) in [6.45, 7) is 3.35. The number of benzene rings is 1. The van der Waals surface area contributed by atoms with Gasteiger partial charge in [-0.15, -0.1) is 0 Å². The molecule has 16 heavy (non-hydrogen) atoms. The number of hydrogen-bond acceptors (Lipinski definition) is 2. The van der Waals surface area contributed by atoms with Crippen molar-refractivity contribution < 1.29 is 8.42 Å². The average molecular weight is 239 g/mol. The van der Waals surface area contributed by atoms with E-state index in [0.29, 0.717) is 5.69 Å². The Hall–Kier alpha value is -1.03. The van der Waals surface area contributed by atoms with E-state index in [1.807, 2.05) is 18.2 Å². The third-order valence-corrected chi connectivity index (χ3v) is 4.74. The van der Waals surface area contributed by atoms with Crippen molar-refractivity contribution in [3.8, 4) is 0 Å². The maximum absolute atomic E-state index is 11.7. The minimum Gasteiger partial charge on any atom is -0.283 e. The minimum atomic E-state index is -3.22. The van der Waals surface area contributed by atoms with E-state index >= 15 is 0 Å². The first-order valence-electron chi connectivity index (χ1n) is 5.62. The van der Waals surface area contributed by atoms with Crippen LogP contribution in [0.1, 0.15) is 31.4 Å². The van der Waals surface area contributed by atoms with E-state index in [1.54, 1.807) is 13.8 Å². The van der Waals surface area contributed by atoms with Crippen molar-refractivity contribution in [1.82, 2.24) is 0 Å². The molecule has 0 fully saturated rings. The smallest absolute Gasteiger partial charge is 0.235 e. The lowest BCUT2D eigenvalue weighted by Gasteiger charge is -2.11. The average Bonchev–Trinajstić information content (AvgIpc) is 2.63. The Labute approximate surface area is 96.9 Å². The SMILES string of the molecule is CC(C)S(=O)(=O)Nc1ccc2c(c1)CCC2. The number of hydrogen-bond donors (Lipinski definition) is 1. The molecule has 1 N–H and O–H groups in total. The van der Waals surface area contributed by atoms with Gasteiger partial charge in [0.1, 0.15) is 0 Å². The van der Waals surface area contributed by atoms with E-state index in [4.69, 9.17) is 0 Å². The van der Waals surface area contributed by atoms with E-state index in [-0.39, 0.29) is 0 Å². The van der Waals surface area contributed by atoms with Crippen LogP contribution in [0.4, 0.5) is 5.69 Å². The molecule has 0 amide bonds. The summed E-state index contributed by atoms with van der Waals surface area (Å²) in [5.41, 5.74) is 3.32. The summed E-state index contributed by atoms with van der Waals surface area (Å²) in [4.78, 5) is 0. The highest BCUT2D eigenvalue weighted by molar-refractivity contribution is 7.93. The largest absolute Gasteiger partial charge is 0.283 e. The van der Waals surface area contributed by atoms with Crippen LogP contribution in [0.15, 0.2) is 18.2 Å². The molecular weight excluding hydrogens is 222 g/mol. The highest BCUT2D eigenvalue weighted by Gasteiger charge is 2.17. The van der Waals surface area contributed by atoms with Gasteiger partial charge in [0.25, 0.3) is 0 Å². The van der Waals surface area contributed by atoms with Crippen molar-refractivity contribution in [1.29, 1.82) is 0 Å². The Morgan fingerprint density at radius 2 is 1.88 bits per heavy atom. The first-order chi connectivity index (χ1) is 7.49. The van der Waals surface area contributed by atoms with Gasteiger partial charge in [-0.05, 0) is 56.4 Å². The van der Waals surface area contributed by atoms with E-state index in [9.17, 15) is 8.42 Å². The van der Waals surface area contributed by atoms with Crippen LogP contribution in [0, 0.1) is 0 Å². The highest BCUT2D eigenvalue weighted by atomic mass is 32.2. The zero-order chi connectivity index (χ0) is 11.8. The van der Waals surface area contributed by atoms with Crippen LogP contribution >= 0.6 is 0 Å². The monoisotopic (exact) mass is 239 g/mol. The molecule has 0 radical (unpaired) electrons. The van der Waals surface area contributed by atoms with Gasteiger partial charge in [-0.1, -0.05) is 6.07 Å². The van der Waals surface area contributed by atoms with Gasteiger partial charge in [0.2, 0.25) is 10.0 Å². The van der Waals surface area contributed by atoms with Crippen molar-refractivity contribution >= 4 is 15.7 Å². The fourth-order valence-electron chi connectivity index (χ4n) is 1.92. The van der Waals surface area contributed by atoms with Crippen LogP contribution < -0.4 is 4.72 Å². The molecule has 0 spiro atoms. The Morgan fingerprint density at radius 3 is 2.56 bits per heavy atom.